The largest absolute Gasteiger partial charge is 0.454 e. The topological polar surface area (TPSA) is 91.3 Å². The first kappa shape index (κ1) is 20.9. The lowest BCUT2D eigenvalue weighted by Crippen LogP contribution is -2.62. The minimum atomic E-state index is -1.41. The van der Waals surface area contributed by atoms with Crippen LogP contribution in [-0.4, -0.2) is 65.7 Å². The summed E-state index contributed by atoms with van der Waals surface area (Å²) in [6.07, 6.45) is 0.153. The number of carbonyl (C=O) groups excluding carboxylic acids is 1. The number of fused-ring (bicyclic) bond motifs is 1. The lowest BCUT2D eigenvalue weighted by atomic mass is 9.89. The van der Waals surface area contributed by atoms with Crippen LogP contribution in [0, 0.1) is 0 Å². The van der Waals surface area contributed by atoms with Crippen molar-refractivity contribution in [1.29, 1.82) is 0 Å². The van der Waals surface area contributed by atoms with Gasteiger partial charge < -0.3 is 29.9 Å². The Labute approximate surface area is 180 Å². The van der Waals surface area contributed by atoms with Crippen LogP contribution in [-0.2, 0) is 6.42 Å². The second-order valence-corrected chi connectivity index (χ2v) is 8.19. The molecule has 0 bridgehead atoms. The maximum Gasteiger partial charge on any atom is 0.253 e. The molecule has 2 aliphatic rings. The minimum Gasteiger partial charge on any atom is -0.454 e. The van der Waals surface area contributed by atoms with Crippen molar-refractivity contribution in [2.24, 2.45) is 0 Å². The number of aliphatic hydroxyl groups excluding tert-OH is 1. The molecule has 2 heterocycles. The molecule has 0 aromatic heterocycles. The predicted octanol–water partition coefficient (Wildman–Crippen LogP) is 1.84. The summed E-state index contributed by atoms with van der Waals surface area (Å²) < 4.78 is 10.7. The molecule has 0 spiro atoms. The molecule has 0 aliphatic carbocycles. The Hall–Kier alpha value is -2.32. The molecule has 2 atom stereocenters. The summed E-state index contributed by atoms with van der Waals surface area (Å²) in [5, 5.41) is 25.2. The van der Waals surface area contributed by atoms with Crippen LogP contribution < -0.4 is 14.8 Å². The molecule has 30 heavy (non-hydrogen) atoms. The van der Waals surface area contributed by atoms with Gasteiger partial charge in [0.05, 0.1) is 12.6 Å². The van der Waals surface area contributed by atoms with E-state index in [9.17, 15) is 15.0 Å². The van der Waals surface area contributed by atoms with Gasteiger partial charge in [-0.3, -0.25) is 4.79 Å². The number of hydrogen-bond donors (Lipinski definition) is 3. The highest BCUT2D eigenvalue weighted by Gasteiger charge is 2.42. The zero-order chi connectivity index (χ0) is 21.1. The van der Waals surface area contributed by atoms with Crippen LogP contribution in [0.1, 0.15) is 22.3 Å². The number of nitrogens with zero attached hydrogens (tertiary/aromatic N) is 1. The Morgan fingerprint density at radius 1 is 1.20 bits per heavy atom. The fraction of sp³-hybridized carbons (Fsp3) is 0.409. The number of hydrogen-bond acceptors (Lipinski definition) is 6. The molecule has 2 aliphatic heterocycles. The first-order chi connectivity index (χ1) is 14.4. The zero-order valence-corrected chi connectivity index (χ0v) is 17.3. The number of rotatable bonds is 6. The van der Waals surface area contributed by atoms with Crippen molar-refractivity contribution in [3.63, 3.8) is 0 Å². The van der Waals surface area contributed by atoms with E-state index in [-0.39, 0.29) is 25.8 Å². The second-order valence-electron chi connectivity index (χ2n) is 7.76. The normalized spacial score (nSPS) is 22.9. The number of ether oxygens (including phenoxy) is 2. The SMILES string of the molecule is O=C(c1ccc(Cl)cc1)N1CC[C@H](O)[C@@](O)(CNCCc2ccc3c(c2)OCO3)C1. The molecule has 1 saturated heterocycles. The van der Waals surface area contributed by atoms with Gasteiger partial charge in [-0.25, -0.2) is 0 Å². The average Bonchev–Trinajstić information content (AvgIpc) is 3.21. The van der Waals surface area contributed by atoms with Crippen LogP contribution in [0.25, 0.3) is 0 Å². The van der Waals surface area contributed by atoms with E-state index in [2.05, 4.69) is 5.32 Å². The maximum atomic E-state index is 12.8. The number of halogens is 1. The molecule has 160 valence electrons. The van der Waals surface area contributed by atoms with E-state index in [0.29, 0.717) is 30.1 Å². The summed E-state index contributed by atoms with van der Waals surface area (Å²) in [5.41, 5.74) is 0.186. The third kappa shape index (κ3) is 4.54. The molecule has 0 saturated carbocycles. The fourth-order valence-electron chi connectivity index (χ4n) is 3.82. The lowest BCUT2D eigenvalue weighted by Gasteiger charge is -2.42. The minimum absolute atomic E-state index is 0.0622. The van der Waals surface area contributed by atoms with Crippen molar-refractivity contribution in [2.75, 3.05) is 33.0 Å². The summed E-state index contributed by atoms with van der Waals surface area (Å²) in [7, 11) is 0. The smallest absolute Gasteiger partial charge is 0.253 e. The molecule has 7 nitrogen and oxygen atoms in total. The standard InChI is InChI=1S/C22H25ClN2O5/c23-17-4-2-16(3-5-17)21(27)25-10-8-20(26)22(28,13-25)12-24-9-7-15-1-6-18-19(11-15)30-14-29-18/h1-6,11,20,24,26,28H,7-10,12-14H2/t20-,22+/m0/s1. The van der Waals surface area contributed by atoms with Gasteiger partial charge in [0.2, 0.25) is 6.79 Å². The van der Waals surface area contributed by atoms with Crippen LogP contribution in [0.2, 0.25) is 5.02 Å². The van der Waals surface area contributed by atoms with E-state index >= 15 is 0 Å². The van der Waals surface area contributed by atoms with Gasteiger partial charge in [0, 0.05) is 23.7 Å². The molecule has 0 radical (unpaired) electrons. The Kier molecular flexibility index (Phi) is 6.15. The number of amides is 1. The van der Waals surface area contributed by atoms with Crippen molar-refractivity contribution in [3.05, 3.63) is 58.6 Å². The first-order valence-corrected chi connectivity index (χ1v) is 10.4. The molecule has 2 aromatic rings. The molecule has 1 amide bonds. The fourth-order valence-corrected chi connectivity index (χ4v) is 3.94. The Morgan fingerprint density at radius 3 is 2.77 bits per heavy atom. The number of nitrogens with one attached hydrogen (secondary N) is 1. The second kappa shape index (κ2) is 8.81. The van der Waals surface area contributed by atoms with Crippen molar-refractivity contribution in [3.8, 4) is 11.5 Å². The summed E-state index contributed by atoms with van der Waals surface area (Å²) in [6.45, 7) is 1.49. The van der Waals surface area contributed by atoms with Gasteiger partial charge in [0.15, 0.2) is 11.5 Å². The Bertz CT molecular complexity index is 907. The number of likely N-dealkylation sites (tertiary alicyclic amines) is 1. The van der Waals surface area contributed by atoms with E-state index < -0.39 is 11.7 Å². The molecule has 1 fully saturated rings. The van der Waals surface area contributed by atoms with Crippen LogP contribution in [0.4, 0.5) is 0 Å². The van der Waals surface area contributed by atoms with E-state index in [4.69, 9.17) is 21.1 Å². The average molecular weight is 433 g/mol. The van der Waals surface area contributed by atoms with Crippen molar-refractivity contribution >= 4 is 17.5 Å². The molecular weight excluding hydrogens is 408 g/mol. The van der Waals surface area contributed by atoms with Gasteiger partial charge in [0.25, 0.3) is 5.91 Å². The number of β-amino-alcohol motifs (C(OH)–C–C–N with tert-alkyl or cyclic N) is 1. The summed E-state index contributed by atoms with van der Waals surface area (Å²) >= 11 is 5.89. The monoisotopic (exact) mass is 432 g/mol. The summed E-state index contributed by atoms with van der Waals surface area (Å²) in [5.74, 6) is 1.30. The lowest BCUT2D eigenvalue weighted by molar-refractivity contribution is -0.111. The zero-order valence-electron chi connectivity index (χ0n) is 16.5. The third-order valence-corrected chi connectivity index (χ3v) is 5.85. The Morgan fingerprint density at radius 2 is 1.97 bits per heavy atom. The number of piperidine rings is 1. The Balaban J connectivity index is 1.31. The summed E-state index contributed by atoms with van der Waals surface area (Å²) in [6, 6.07) is 12.5. The molecule has 4 rings (SSSR count). The molecular formula is C22H25ClN2O5. The van der Waals surface area contributed by atoms with E-state index in [0.717, 1.165) is 23.5 Å². The number of benzene rings is 2. The van der Waals surface area contributed by atoms with Crippen LogP contribution in [0.5, 0.6) is 11.5 Å². The molecule has 2 aromatic carbocycles. The van der Waals surface area contributed by atoms with Crippen LogP contribution >= 0.6 is 11.6 Å². The number of aliphatic hydroxyl groups is 2. The van der Waals surface area contributed by atoms with E-state index in [1.165, 1.54) is 0 Å². The summed E-state index contributed by atoms with van der Waals surface area (Å²) in [4.78, 5) is 14.3. The molecule has 3 N–H and O–H groups in total. The molecule has 0 unspecified atom stereocenters. The molecule has 8 heteroatoms. The van der Waals surface area contributed by atoms with Gasteiger partial charge in [-0.1, -0.05) is 17.7 Å². The van der Waals surface area contributed by atoms with Crippen LogP contribution in [0.3, 0.4) is 0 Å². The highest BCUT2D eigenvalue weighted by atomic mass is 35.5. The third-order valence-electron chi connectivity index (χ3n) is 5.59. The highest BCUT2D eigenvalue weighted by Crippen LogP contribution is 2.32. The van der Waals surface area contributed by atoms with E-state index in [1.807, 2.05) is 18.2 Å². The van der Waals surface area contributed by atoms with Gasteiger partial charge in [-0.2, -0.15) is 0 Å². The maximum absolute atomic E-state index is 12.8. The highest BCUT2D eigenvalue weighted by molar-refractivity contribution is 6.30. The van der Waals surface area contributed by atoms with E-state index in [1.54, 1.807) is 29.2 Å². The first-order valence-electron chi connectivity index (χ1n) is 9.99. The predicted molar refractivity (Wildman–Crippen MR) is 112 cm³/mol. The van der Waals surface area contributed by atoms with Gasteiger partial charge >= 0.3 is 0 Å². The van der Waals surface area contributed by atoms with Gasteiger partial charge in [-0.15, -0.1) is 0 Å². The quantitative estimate of drug-likeness (QED) is 0.603. The van der Waals surface area contributed by atoms with Crippen molar-refractivity contribution in [1.82, 2.24) is 10.2 Å². The van der Waals surface area contributed by atoms with Gasteiger partial charge in [0.1, 0.15) is 5.60 Å². The van der Waals surface area contributed by atoms with Crippen LogP contribution in [0.15, 0.2) is 42.5 Å². The van der Waals surface area contributed by atoms with Crippen molar-refractivity contribution in [2.45, 2.75) is 24.5 Å². The van der Waals surface area contributed by atoms with Crippen molar-refractivity contribution < 1.29 is 24.5 Å². The van der Waals surface area contributed by atoms with Gasteiger partial charge in [-0.05, 0) is 61.3 Å². The number of carbonyl (C=O) groups is 1.